The molecule has 0 unspecified atom stereocenters. The lowest BCUT2D eigenvalue weighted by Gasteiger charge is -2.08. The van der Waals surface area contributed by atoms with Gasteiger partial charge in [0.25, 0.3) is 0 Å². The Balaban J connectivity index is 2.16. The lowest BCUT2D eigenvalue weighted by molar-refractivity contribution is -0.116. The second-order valence-electron chi connectivity index (χ2n) is 3.76. The number of tetrazole rings is 1. The maximum absolute atomic E-state index is 11.6. The molecule has 0 saturated heterocycles. The Labute approximate surface area is 119 Å². The van der Waals surface area contributed by atoms with Gasteiger partial charge in [-0.2, -0.15) is 0 Å². The first kappa shape index (κ1) is 13.8. The average molecular weight is 300 g/mol. The first-order chi connectivity index (χ1) is 9.20. The number of carbonyl (C=O) groups excluding carboxylic acids is 1. The van der Waals surface area contributed by atoms with Crippen molar-refractivity contribution in [3.05, 3.63) is 29.5 Å². The third-order valence-corrected chi connectivity index (χ3v) is 2.97. The van der Waals surface area contributed by atoms with Crippen molar-refractivity contribution in [3.8, 4) is 5.69 Å². The summed E-state index contributed by atoms with van der Waals surface area (Å²) in [5.41, 5.74) is 1.23. The minimum atomic E-state index is -0.128. The van der Waals surface area contributed by atoms with Crippen molar-refractivity contribution < 1.29 is 4.79 Å². The van der Waals surface area contributed by atoms with Gasteiger partial charge in [-0.05, 0) is 35.0 Å². The topological polar surface area (TPSA) is 72.7 Å². The van der Waals surface area contributed by atoms with Crippen LogP contribution in [0.25, 0.3) is 5.69 Å². The van der Waals surface area contributed by atoms with Crippen molar-refractivity contribution in [2.24, 2.45) is 0 Å². The highest BCUT2D eigenvalue weighted by atomic mass is 35.5. The number of hydrogen-bond donors (Lipinski definition) is 1. The predicted octanol–water partition coefficient (Wildman–Crippen LogP) is 2.27. The van der Waals surface area contributed by atoms with Crippen LogP contribution in [0.15, 0.2) is 24.5 Å². The van der Waals surface area contributed by atoms with Crippen molar-refractivity contribution >= 4 is 34.8 Å². The third-order valence-electron chi connectivity index (χ3n) is 2.38. The molecule has 0 radical (unpaired) electrons. The summed E-state index contributed by atoms with van der Waals surface area (Å²) < 4.78 is 1.48. The van der Waals surface area contributed by atoms with Gasteiger partial charge in [-0.1, -0.05) is 11.6 Å². The van der Waals surface area contributed by atoms with Crippen LogP contribution in [-0.4, -0.2) is 32.0 Å². The molecule has 1 amide bonds. The zero-order valence-electron chi connectivity index (χ0n) is 9.88. The summed E-state index contributed by atoms with van der Waals surface area (Å²) in [6.45, 7) is 0. The van der Waals surface area contributed by atoms with Crippen molar-refractivity contribution in [2.75, 3.05) is 11.2 Å². The van der Waals surface area contributed by atoms with Gasteiger partial charge in [-0.3, -0.25) is 4.79 Å². The molecule has 1 aromatic carbocycles. The van der Waals surface area contributed by atoms with E-state index >= 15 is 0 Å². The van der Waals surface area contributed by atoms with Gasteiger partial charge >= 0.3 is 0 Å². The van der Waals surface area contributed by atoms with Crippen LogP contribution in [-0.2, 0) is 4.79 Å². The first-order valence-electron chi connectivity index (χ1n) is 5.59. The van der Waals surface area contributed by atoms with E-state index in [1.807, 2.05) is 0 Å². The van der Waals surface area contributed by atoms with Gasteiger partial charge in [0.05, 0.1) is 16.4 Å². The van der Waals surface area contributed by atoms with Gasteiger partial charge in [-0.15, -0.1) is 16.7 Å². The number of hydrogen-bond acceptors (Lipinski definition) is 4. The SMILES string of the molecule is O=C(CCCCl)Nc1cc(-n2cnnn2)ccc1Cl. The molecule has 1 heterocycles. The van der Waals surface area contributed by atoms with E-state index in [0.717, 1.165) is 0 Å². The molecule has 2 rings (SSSR count). The van der Waals surface area contributed by atoms with E-state index in [-0.39, 0.29) is 5.91 Å². The summed E-state index contributed by atoms with van der Waals surface area (Å²) in [5, 5.41) is 14.1. The van der Waals surface area contributed by atoms with E-state index in [1.54, 1.807) is 18.2 Å². The number of anilines is 1. The fourth-order valence-corrected chi connectivity index (χ4v) is 1.77. The summed E-state index contributed by atoms with van der Waals surface area (Å²) in [6, 6.07) is 5.14. The van der Waals surface area contributed by atoms with Crippen LogP contribution >= 0.6 is 23.2 Å². The highest BCUT2D eigenvalue weighted by Crippen LogP contribution is 2.24. The molecule has 0 fully saturated rings. The lowest BCUT2D eigenvalue weighted by atomic mass is 10.2. The van der Waals surface area contributed by atoms with E-state index in [1.165, 1.54) is 11.0 Å². The van der Waals surface area contributed by atoms with Crippen LogP contribution in [0.5, 0.6) is 0 Å². The fraction of sp³-hybridized carbons (Fsp3) is 0.273. The molecule has 0 saturated carbocycles. The van der Waals surface area contributed by atoms with Crippen LogP contribution in [0.2, 0.25) is 5.02 Å². The van der Waals surface area contributed by atoms with Crippen molar-refractivity contribution in [1.82, 2.24) is 20.2 Å². The number of amides is 1. The zero-order valence-corrected chi connectivity index (χ0v) is 11.4. The Morgan fingerprint density at radius 3 is 2.95 bits per heavy atom. The van der Waals surface area contributed by atoms with Gasteiger partial charge in [0.15, 0.2) is 0 Å². The lowest BCUT2D eigenvalue weighted by Crippen LogP contribution is -2.12. The van der Waals surface area contributed by atoms with E-state index in [9.17, 15) is 4.79 Å². The molecule has 1 N–H and O–H groups in total. The summed E-state index contributed by atoms with van der Waals surface area (Å²) >= 11 is 11.6. The Morgan fingerprint density at radius 1 is 1.42 bits per heavy atom. The van der Waals surface area contributed by atoms with Crippen molar-refractivity contribution in [2.45, 2.75) is 12.8 Å². The molecule has 0 aliphatic rings. The molecule has 0 bridgehead atoms. The predicted molar refractivity (Wildman–Crippen MR) is 72.7 cm³/mol. The largest absolute Gasteiger partial charge is 0.325 e. The van der Waals surface area contributed by atoms with Gasteiger partial charge in [0.2, 0.25) is 5.91 Å². The van der Waals surface area contributed by atoms with Gasteiger partial charge in [0, 0.05) is 12.3 Å². The molecule has 6 nitrogen and oxygen atoms in total. The highest BCUT2D eigenvalue weighted by molar-refractivity contribution is 6.33. The van der Waals surface area contributed by atoms with E-state index in [0.29, 0.717) is 35.1 Å². The number of nitrogens with zero attached hydrogens (tertiary/aromatic N) is 4. The minimum absolute atomic E-state index is 0.128. The molecule has 2 aromatic rings. The second kappa shape index (κ2) is 6.49. The smallest absolute Gasteiger partial charge is 0.224 e. The van der Waals surface area contributed by atoms with Crippen LogP contribution in [0.4, 0.5) is 5.69 Å². The maximum atomic E-state index is 11.6. The Morgan fingerprint density at radius 2 is 2.26 bits per heavy atom. The van der Waals surface area contributed by atoms with E-state index in [4.69, 9.17) is 23.2 Å². The van der Waals surface area contributed by atoms with Crippen molar-refractivity contribution in [1.29, 1.82) is 0 Å². The molecule has 8 heteroatoms. The van der Waals surface area contributed by atoms with Crippen LogP contribution in [0.3, 0.4) is 0 Å². The monoisotopic (exact) mass is 299 g/mol. The quantitative estimate of drug-likeness (QED) is 0.860. The van der Waals surface area contributed by atoms with E-state index < -0.39 is 0 Å². The molecule has 0 atom stereocenters. The summed E-state index contributed by atoms with van der Waals surface area (Å²) in [5.74, 6) is 0.322. The van der Waals surface area contributed by atoms with E-state index in [2.05, 4.69) is 20.8 Å². The van der Waals surface area contributed by atoms with Crippen LogP contribution in [0.1, 0.15) is 12.8 Å². The normalized spacial score (nSPS) is 10.4. The summed E-state index contributed by atoms with van der Waals surface area (Å²) in [4.78, 5) is 11.6. The maximum Gasteiger partial charge on any atom is 0.224 e. The summed E-state index contributed by atoms with van der Waals surface area (Å²) in [6.07, 6.45) is 2.44. The molecule has 0 aliphatic heterocycles. The number of nitrogens with one attached hydrogen (secondary N) is 1. The standard InChI is InChI=1S/C11H11Cl2N5O/c12-5-1-2-11(19)15-10-6-8(3-4-9(10)13)18-7-14-16-17-18/h3-4,6-7H,1-2,5H2,(H,15,19). The summed E-state index contributed by atoms with van der Waals surface area (Å²) in [7, 11) is 0. The Hall–Kier alpha value is -1.66. The molecular weight excluding hydrogens is 289 g/mol. The van der Waals surface area contributed by atoms with Gasteiger partial charge in [-0.25, -0.2) is 4.68 Å². The number of halogens is 2. The number of carbonyl (C=O) groups is 1. The second-order valence-corrected chi connectivity index (χ2v) is 4.54. The zero-order chi connectivity index (χ0) is 13.7. The molecular formula is C11H11Cl2N5O. The molecule has 0 spiro atoms. The molecule has 100 valence electrons. The molecule has 1 aromatic heterocycles. The van der Waals surface area contributed by atoms with Gasteiger partial charge < -0.3 is 5.32 Å². The minimum Gasteiger partial charge on any atom is -0.325 e. The number of alkyl halides is 1. The first-order valence-corrected chi connectivity index (χ1v) is 6.50. The highest BCUT2D eigenvalue weighted by Gasteiger charge is 2.08. The Bertz CT molecular complexity index is 558. The van der Waals surface area contributed by atoms with Crippen LogP contribution in [0, 0.1) is 0 Å². The average Bonchev–Trinajstić information content (AvgIpc) is 2.93. The third kappa shape index (κ3) is 3.65. The molecule has 0 aliphatic carbocycles. The number of rotatable bonds is 5. The fourth-order valence-electron chi connectivity index (χ4n) is 1.47. The van der Waals surface area contributed by atoms with Gasteiger partial charge in [0.1, 0.15) is 6.33 Å². The number of benzene rings is 1. The Kier molecular flexibility index (Phi) is 4.70. The van der Waals surface area contributed by atoms with Crippen molar-refractivity contribution in [3.63, 3.8) is 0 Å². The molecule has 19 heavy (non-hydrogen) atoms. The number of aromatic nitrogens is 4. The van der Waals surface area contributed by atoms with Crippen LogP contribution < -0.4 is 5.32 Å².